The van der Waals surface area contributed by atoms with E-state index in [1.54, 1.807) is 0 Å². The number of halogens is 2. The zero-order valence-electron chi connectivity index (χ0n) is 9.44. The van der Waals surface area contributed by atoms with E-state index in [0.29, 0.717) is 0 Å². The summed E-state index contributed by atoms with van der Waals surface area (Å²) in [4.78, 5) is 21.8. The third-order valence-electron chi connectivity index (χ3n) is 2.02. The average molecular weight is 276 g/mol. The van der Waals surface area contributed by atoms with Gasteiger partial charge in [-0.3, -0.25) is 4.79 Å². The van der Waals surface area contributed by atoms with Gasteiger partial charge in [0.25, 0.3) is 0 Å². The van der Waals surface area contributed by atoms with Gasteiger partial charge in [-0.15, -0.1) is 0 Å². The zero-order chi connectivity index (χ0) is 13.7. The Morgan fingerprint density at radius 1 is 1.56 bits per heavy atom. The molecule has 0 heterocycles. The van der Waals surface area contributed by atoms with Gasteiger partial charge >= 0.3 is 5.97 Å². The predicted octanol–water partition coefficient (Wildman–Crippen LogP) is 1.91. The molecule has 1 amide bonds. The van der Waals surface area contributed by atoms with Crippen LogP contribution < -0.4 is 5.32 Å². The molecule has 0 radical (unpaired) electrons. The van der Waals surface area contributed by atoms with Crippen LogP contribution in [-0.2, 0) is 14.3 Å². The molecule has 0 aliphatic heterocycles. The number of carboxylic acid groups (broad SMARTS) is 1. The smallest absolute Gasteiger partial charge is 0.332 e. The molecule has 1 rings (SSSR count). The molecule has 1 atom stereocenters. The van der Waals surface area contributed by atoms with Crippen LogP contribution in [0.3, 0.4) is 0 Å². The Kier molecular flexibility index (Phi) is 5.06. The molecule has 0 aliphatic carbocycles. The fraction of sp³-hybridized carbons (Fsp3) is 0.273. The van der Waals surface area contributed by atoms with Gasteiger partial charge in [-0.25, -0.2) is 9.18 Å². The Balaban J connectivity index is 2.52. The fourth-order valence-corrected chi connectivity index (χ4v) is 1.21. The molecule has 0 aromatic heterocycles. The van der Waals surface area contributed by atoms with E-state index in [1.807, 2.05) is 0 Å². The molecule has 0 aliphatic rings. The van der Waals surface area contributed by atoms with Crippen LogP contribution in [0.1, 0.15) is 6.92 Å². The van der Waals surface area contributed by atoms with Crippen molar-refractivity contribution >= 4 is 29.2 Å². The van der Waals surface area contributed by atoms with Crippen LogP contribution in [0.15, 0.2) is 18.2 Å². The molecule has 2 N–H and O–H groups in total. The number of hydrogen-bond acceptors (Lipinski definition) is 3. The number of carbonyl (C=O) groups excluding carboxylic acids is 1. The summed E-state index contributed by atoms with van der Waals surface area (Å²) in [5.74, 6) is -2.51. The molecule has 18 heavy (non-hydrogen) atoms. The minimum absolute atomic E-state index is 0.0454. The van der Waals surface area contributed by atoms with Gasteiger partial charge in [0, 0.05) is 5.02 Å². The van der Waals surface area contributed by atoms with Crippen molar-refractivity contribution in [2.45, 2.75) is 13.0 Å². The molecule has 1 aromatic carbocycles. The molecule has 5 nitrogen and oxygen atoms in total. The molecule has 0 saturated heterocycles. The Bertz CT molecular complexity index is 466. The number of amides is 1. The monoisotopic (exact) mass is 275 g/mol. The van der Waals surface area contributed by atoms with E-state index in [4.69, 9.17) is 21.4 Å². The largest absolute Gasteiger partial charge is 0.479 e. The number of carbonyl (C=O) groups is 2. The standard InChI is InChI=1S/C11H11ClFNO4/c1-6(11(16)17)18-5-10(15)14-9-3-2-7(12)4-8(9)13/h2-4,6H,5H2,1H3,(H,14,15)(H,16,17)/t6-/m1/s1. The van der Waals surface area contributed by atoms with E-state index in [9.17, 15) is 14.0 Å². The van der Waals surface area contributed by atoms with Crippen LogP contribution in [0.5, 0.6) is 0 Å². The molecule has 0 fully saturated rings. The number of hydrogen-bond donors (Lipinski definition) is 2. The SMILES string of the molecule is C[C@@H](OCC(=O)Nc1ccc(Cl)cc1F)C(=O)O. The molecule has 0 spiro atoms. The van der Waals surface area contributed by atoms with Crippen molar-refractivity contribution in [3.05, 3.63) is 29.0 Å². The van der Waals surface area contributed by atoms with Crippen molar-refractivity contribution in [2.75, 3.05) is 11.9 Å². The number of anilines is 1. The highest BCUT2D eigenvalue weighted by molar-refractivity contribution is 6.30. The van der Waals surface area contributed by atoms with Crippen LogP contribution in [0.25, 0.3) is 0 Å². The summed E-state index contributed by atoms with van der Waals surface area (Å²) in [5, 5.41) is 11.0. The van der Waals surface area contributed by atoms with Gasteiger partial charge in [-0.2, -0.15) is 0 Å². The van der Waals surface area contributed by atoms with Crippen LogP contribution in [0.4, 0.5) is 10.1 Å². The molecule has 0 unspecified atom stereocenters. The number of ether oxygens (including phenoxy) is 1. The maximum absolute atomic E-state index is 13.3. The quantitative estimate of drug-likeness (QED) is 0.861. The molecule has 1 aromatic rings. The summed E-state index contributed by atoms with van der Waals surface area (Å²) in [6.07, 6.45) is -1.11. The van der Waals surface area contributed by atoms with Crippen molar-refractivity contribution in [3.8, 4) is 0 Å². The van der Waals surface area contributed by atoms with E-state index in [1.165, 1.54) is 19.1 Å². The Hall–Kier alpha value is -1.66. The highest BCUT2D eigenvalue weighted by Crippen LogP contribution is 2.18. The van der Waals surface area contributed by atoms with Crippen molar-refractivity contribution < 1.29 is 23.8 Å². The maximum atomic E-state index is 13.3. The van der Waals surface area contributed by atoms with E-state index in [-0.39, 0.29) is 10.7 Å². The van der Waals surface area contributed by atoms with Crippen LogP contribution >= 0.6 is 11.6 Å². The second-order valence-electron chi connectivity index (χ2n) is 3.46. The van der Waals surface area contributed by atoms with Gasteiger partial charge in [0.15, 0.2) is 6.10 Å². The molecular formula is C11H11ClFNO4. The molecule has 0 bridgehead atoms. The maximum Gasteiger partial charge on any atom is 0.332 e. The average Bonchev–Trinajstić information content (AvgIpc) is 2.29. The lowest BCUT2D eigenvalue weighted by Crippen LogP contribution is -2.26. The van der Waals surface area contributed by atoms with Crippen LogP contribution in [0, 0.1) is 5.82 Å². The second-order valence-corrected chi connectivity index (χ2v) is 3.90. The normalized spacial score (nSPS) is 11.9. The summed E-state index contributed by atoms with van der Waals surface area (Å²) in [6.45, 7) is 0.814. The third kappa shape index (κ3) is 4.31. The Morgan fingerprint density at radius 3 is 2.78 bits per heavy atom. The van der Waals surface area contributed by atoms with Gasteiger partial charge in [0.05, 0.1) is 5.69 Å². The highest BCUT2D eigenvalue weighted by Gasteiger charge is 2.14. The number of aliphatic carboxylic acids is 1. The first-order valence-corrected chi connectivity index (χ1v) is 5.37. The zero-order valence-corrected chi connectivity index (χ0v) is 10.2. The minimum atomic E-state index is -1.18. The lowest BCUT2D eigenvalue weighted by atomic mass is 10.3. The summed E-state index contributed by atoms with van der Waals surface area (Å²) >= 11 is 5.55. The van der Waals surface area contributed by atoms with Gasteiger partial charge < -0.3 is 15.2 Å². The second kappa shape index (κ2) is 6.32. The Morgan fingerprint density at radius 2 is 2.22 bits per heavy atom. The number of benzene rings is 1. The first-order valence-electron chi connectivity index (χ1n) is 4.99. The van der Waals surface area contributed by atoms with Gasteiger partial charge in [-0.05, 0) is 25.1 Å². The van der Waals surface area contributed by atoms with Gasteiger partial charge in [0.2, 0.25) is 5.91 Å². The van der Waals surface area contributed by atoms with E-state index >= 15 is 0 Å². The summed E-state index contributed by atoms with van der Waals surface area (Å²) in [7, 11) is 0. The van der Waals surface area contributed by atoms with E-state index in [2.05, 4.69) is 5.32 Å². The van der Waals surface area contributed by atoms with Crippen LogP contribution in [-0.4, -0.2) is 29.7 Å². The van der Waals surface area contributed by atoms with Crippen molar-refractivity contribution in [1.29, 1.82) is 0 Å². The van der Waals surface area contributed by atoms with Crippen molar-refractivity contribution in [1.82, 2.24) is 0 Å². The van der Waals surface area contributed by atoms with E-state index < -0.39 is 30.4 Å². The van der Waals surface area contributed by atoms with E-state index in [0.717, 1.165) is 6.07 Å². The first-order chi connectivity index (χ1) is 8.40. The number of nitrogens with one attached hydrogen (secondary N) is 1. The lowest BCUT2D eigenvalue weighted by molar-refractivity contribution is -0.150. The third-order valence-corrected chi connectivity index (χ3v) is 2.25. The summed E-state index contributed by atoms with van der Waals surface area (Å²) < 4.78 is 18.0. The van der Waals surface area contributed by atoms with Crippen molar-refractivity contribution in [2.24, 2.45) is 0 Å². The number of carboxylic acids is 1. The highest BCUT2D eigenvalue weighted by atomic mass is 35.5. The summed E-state index contributed by atoms with van der Waals surface area (Å²) in [6, 6.07) is 3.77. The molecule has 98 valence electrons. The topological polar surface area (TPSA) is 75.6 Å². The fourth-order valence-electron chi connectivity index (χ4n) is 1.05. The van der Waals surface area contributed by atoms with Crippen LogP contribution in [0.2, 0.25) is 5.02 Å². The first kappa shape index (κ1) is 14.4. The predicted molar refractivity (Wildman–Crippen MR) is 63.1 cm³/mol. The summed E-state index contributed by atoms with van der Waals surface area (Å²) in [5.41, 5.74) is -0.0454. The minimum Gasteiger partial charge on any atom is -0.479 e. The lowest BCUT2D eigenvalue weighted by Gasteiger charge is -2.09. The number of rotatable bonds is 5. The Labute approximate surface area is 108 Å². The van der Waals surface area contributed by atoms with Crippen molar-refractivity contribution in [3.63, 3.8) is 0 Å². The molecule has 0 saturated carbocycles. The molecular weight excluding hydrogens is 265 g/mol. The van der Waals surface area contributed by atoms with Gasteiger partial charge in [0.1, 0.15) is 12.4 Å². The molecule has 7 heteroatoms. The van der Waals surface area contributed by atoms with Gasteiger partial charge in [-0.1, -0.05) is 11.6 Å².